The fourth-order valence-corrected chi connectivity index (χ4v) is 16.6. The van der Waals surface area contributed by atoms with Gasteiger partial charge in [-0.3, -0.25) is 9.97 Å². The predicted molar refractivity (Wildman–Crippen MR) is 375 cm³/mol. The summed E-state index contributed by atoms with van der Waals surface area (Å²) < 4.78 is 0. The summed E-state index contributed by atoms with van der Waals surface area (Å²) in [6.45, 7) is 0. The summed E-state index contributed by atoms with van der Waals surface area (Å²) in [7, 11) is 0. The molecule has 0 amide bonds. The molecule has 424 valence electrons. The van der Waals surface area contributed by atoms with Crippen molar-refractivity contribution in [1.29, 1.82) is 0 Å². The van der Waals surface area contributed by atoms with Gasteiger partial charge in [0.2, 0.25) is 0 Å². The summed E-state index contributed by atoms with van der Waals surface area (Å²) in [5.74, 6) is 0.645. The molecule has 4 heteroatoms. The molecular weight excluding hydrogens is 1110 g/mol. The van der Waals surface area contributed by atoms with Crippen LogP contribution in [0.25, 0.3) is 144 Å². The number of nitrogens with zero attached hydrogens (tertiary/aromatic N) is 4. The molecule has 4 nitrogen and oxygen atoms in total. The van der Waals surface area contributed by atoms with Gasteiger partial charge in [0.25, 0.3) is 0 Å². The maximum atomic E-state index is 5.84. The molecule has 0 fully saturated rings. The number of aromatic nitrogens is 4. The van der Waals surface area contributed by atoms with Gasteiger partial charge in [-0.15, -0.1) is 0 Å². The van der Waals surface area contributed by atoms with Gasteiger partial charge in [-0.1, -0.05) is 255 Å². The Bertz CT molecular complexity index is 5710. The van der Waals surface area contributed by atoms with Crippen molar-refractivity contribution in [2.75, 3.05) is 0 Å². The molecule has 0 bridgehead atoms. The molecule has 4 aliphatic carbocycles. The van der Waals surface area contributed by atoms with Gasteiger partial charge in [-0.05, 0) is 165 Å². The maximum absolute atomic E-state index is 5.84. The van der Waals surface area contributed by atoms with Crippen molar-refractivity contribution in [1.82, 2.24) is 19.9 Å². The van der Waals surface area contributed by atoms with Crippen molar-refractivity contribution in [3.05, 3.63) is 360 Å². The lowest BCUT2D eigenvalue weighted by Gasteiger charge is -2.31. The Morgan fingerprint density at radius 1 is 0.217 bits per heavy atom. The Hall–Kier alpha value is -12.0. The van der Waals surface area contributed by atoms with Gasteiger partial charge in [0.1, 0.15) is 0 Å². The van der Waals surface area contributed by atoms with Crippen molar-refractivity contribution in [2.45, 2.75) is 10.8 Å². The molecule has 3 aromatic heterocycles. The van der Waals surface area contributed by atoms with E-state index in [2.05, 4.69) is 291 Å². The second-order valence-electron chi connectivity index (χ2n) is 25.1. The van der Waals surface area contributed by atoms with Gasteiger partial charge in [0.05, 0.1) is 33.1 Å². The van der Waals surface area contributed by atoms with E-state index < -0.39 is 10.8 Å². The fourth-order valence-electron chi connectivity index (χ4n) is 16.6. The zero-order chi connectivity index (χ0) is 60.2. The topological polar surface area (TPSA) is 51.6 Å². The van der Waals surface area contributed by atoms with Crippen LogP contribution in [0.1, 0.15) is 44.5 Å². The largest absolute Gasteiger partial charge is 0.256 e. The molecule has 0 unspecified atom stereocenters. The Balaban J connectivity index is 0.850. The summed E-state index contributed by atoms with van der Waals surface area (Å²) in [6, 6.07) is 112. The normalized spacial score (nSPS) is 13.6. The molecule has 0 N–H and O–H groups in total. The SMILES string of the molecule is c1ccc2c(c1)-c1ccccc1C21c2ccccc2-c2ccc(-c3cc(-c4ccc5c(c4)C4(c6ccccc6-c6ccccc64)c4ccccc4-5)c4nc(-c5ccc(-c6cnc7ccccc7c6)cc5)nc(-c5ccc(-c6cnc7ccccc7c6)cc5)c4c3)cc21. The van der Waals surface area contributed by atoms with Gasteiger partial charge < -0.3 is 0 Å². The molecule has 0 aliphatic heterocycles. The van der Waals surface area contributed by atoms with Crippen molar-refractivity contribution in [2.24, 2.45) is 0 Å². The van der Waals surface area contributed by atoms with E-state index >= 15 is 0 Å². The van der Waals surface area contributed by atoms with E-state index in [0.717, 1.165) is 94.0 Å². The van der Waals surface area contributed by atoms with E-state index in [-0.39, 0.29) is 0 Å². The van der Waals surface area contributed by atoms with Crippen LogP contribution >= 0.6 is 0 Å². The molecule has 0 radical (unpaired) electrons. The van der Waals surface area contributed by atoms with Gasteiger partial charge >= 0.3 is 0 Å². The van der Waals surface area contributed by atoms with E-state index in [4.69, 9.17) is 19.9 Å². The van der Waals surface area contributed by atoms with Crippen LogP contribution in [0.4, 0.5) is 0 Å². The molecule has 13 aromatic carbocycles. The lowest BCUT2D eigenvalue weighted by molar-refractivity contribution is 0.794. The second kappa shape index (κ2) is 19.3. The number of hydrogen-bond donors (Lipinski definition) is 0. The standard InChI is InChI=1S/C88H52N4/c1-15-31-82-59(17-1)45-62(51-89-82)53-33-37-55(38-34-53)84-73-48-61(57-41-43-70-68-23-7-13-29-78(68)87(80(70)49-57)74-25-9-3-19-64(74)65-20-4-10-26-75(65)87)47-72(85(73)92-86(91-84)56-39-35-54(36-40-56)63-46-60-18-2-16-32-83(60)90-52-63)58-42-44-71-69-24-8-14-30-79(69)88(81(71)50-58)76-27-11-5-21-66(76)67-22-6-12-28-77(67)88/h1-52H. The Kier molecular flexibility index (Phi) is 10.7. The van der Waals surface area contributed by atoms with Crippen LogP contribution in [-0.2, 0) is 10.8 Å². The fraction of sp³-hybridized carbons (Fsp3) is 0.0227. The summed E-state index contributed by atoms with van der Waals surface area (Å²) in [5, 5.41) is 3.17. The summed E-state index contributed by atoms with van der Waals surface area (Å²) in [4.78, 5) is 21.3. The third-order valence-electron chi connectivity index (χ3n) is 20.6. The Labute approximate surface area is 532 Å². The number of pyridine rings is 2. The van der Waals surface area contributed by atoms with Crippen LogP contribution in [0.3, 0.4) is 0 Å². The minimum absolute atomic E-state index is 0.516. The molecule has 0 saturated carbocycles. The van der Waals surface area contributed by atoms with Gasteiger partial charge in [-0.25, -0.2) is 9.97 Å². The number of rotatable bonds is 6. The molecule has 0 atom stereocenters. The minimum atomic E-state index is -0.546. The van der Waals surface area contributed by atoms with Crippen LogP contribution in [0.5, 0.6) is 0 Å². The van der Waals surface area contributed by atoms with Crippen LogP contribution in [0.15, 0.2) is 316 Å². The van der Waals surface area contributed by atoms with Gasteiger partial charge in [0.15, 0.2) is 5.82 Å². The molecule has 20 rings (SSSR count). The number of fused-ring (bicyclic) bond motifs is 23. The van der Waals surface area contributed by atoms with Crippen LogP contribution in [0.2, 0.25) is 0 Å². The molecule has 16 aromatic rings. The first-order valence-corrected chi connectivity index (χ1v) is 31.7. The van der Waals surface area contributed by atoms with E-state index in [1.54, 1.807) is 0 Å². The third kappa shape index (κ3) is 7.06. The number of hydrogen-bond acceptors (Lipinski definition) is 4. The van der Waals surface area contributed by atoms with E-state index in [9.17, 15) is 0 Å². The summed E-state index contributed by atoms with van der Waals surface area (Å²) in [5.41, 5.74) is 33.7. The van der Waals surface area contributed by atoms with Crippen molar-refractivity contribution in [3.8, 4) is 112 Å². The first kappa shape index (κ1) is 51.0. The van der Waals surface area contributed by atoms with Crippen molar-refractivity contribution in [3.63, 3.8) is 0 Å². The first-order valence-electron chi connectivity index (χ1n) is 31.7. The second-order valence-corrected chi connectivity index (χ2v) is 25.1. The molecule has 2 spiro atoms. The van der Waals surface area contributed by atoms with Crippen LogP contribution in [0, 0.1) is 0 Å². The third-order valence-corrected chi connectivity index (χ3v) is 20.6. The molecule has 0 saturated heterocycles. The number of benzene rings is 13. The summed E-state index contributed by atoms with van der Waals surface area (Å²) >= 11 is 0. The molecule has 92 heavy (non-hydrogen) atoms. The number of para-hydroxylation sites is 2. The minimum Gasteiger partial charge on any atom is -0.256 e. The zero-order valence-corrected chi connectivity index (χ0v) is 49.8. The van der Waals surface area contributed by atoms with E-state index in [0.29, 0.717) is 5.82 Å². The molecule has 3 heterocycles. The molecular formula is C88H52N4. The highest BCUT2D eigenvalue weighted by atomic mass is 14.9. The average Bonchev–Trinajstić information content (AvgIpc) is 1.52. The van der Waals surface area contributed by atoms with E-state index in [1.807, 2.05) is 24.5 Å². The smallest absolute Gasteiger partial charge is 0.160 e. The highest BCUT2D eigenvalue weighted by molar-refractivity contribution is 6.07. The highest BCUT2D eigenvalue weighted by Crippen LogP contribution is 2.65. The lowest BCUT2D eigenvalue weighted by atomic mass is 9.70. The van der Waals surface area contributed by atoms with Gasteiger partial charge in [-0.2, -0.15) is 0 Å². The van der Waals surface area contributed by atoms with E-state index in [1.165, 1.54) is 89.0 Å². The lowest BCUT2D eigenvalue weighted by Crippen LogP contribution is -2.25. The average molecular weight is 1170 g/mol. The predicted octanol–water partition coefficient (Wildman–Crippen LogP) is 21.4. The van der Waals surface area contributed by atoms with Gasteiger partial charge in [0, 0.05) is 56.4 Å². The Morgan fingerprint density at radius 2 is 0.576 bits per heavy atom. The Morgan fingerprint density at radius 3 is 1.03 bits per heavy atom. The molecule has 4 aliphatic rings. The van der Waals surface area contributed by atoms with Crippen LogP contribution < -0.4 is 0 Å². The first-order chi connectivity index (χ1) is 45.6. The maximum Gasteiger partial charge on any atom is 0.160 e. The monoisotopic (exact) mass is 1160 g/mol. The van der Waals surface area contributed by atoms with Crippen LogP contribution in [-0.4, -0.2) is 19.9 Å². The quantitative estimate of drug-likeness (QED) is 0.166. The zero-order valence-electron chi connectivity index (χ0n) is 49.8. The van der Waals surface area contributed by atoms with Crippen molar-refractivity contribution >= 4 is 32.7 Å². The van der Waals surface area contributed by atoms with Crippen molar-refractivity contribution < 1.29 is 0 Å². The summed E-state index contributed by atoms with van der Waals surface area (Å²) in [6.07, 6.45) is 3.95. The highest BCUT2D eigenvalue weighted by Gasteiger charge is 2.53.